The number of rotatable bonds is 5. The summed E-state index contributed by atoms with van der Waals surface area (Å²) in [7, 11) is -4.10. The molecule has 1 fully saturated rings. The summed E-state index contributed by atoms with van der Waals surface area (Å²) in [5.41, 5.74) is 0.725. The number of fused-ring (bicyclic) bond motifs is 2. The van der Waals surface area contributed by atoms with Gasteiger partial charge in [-0.05, 0) is 37.1 Å². The lowest BCUT2D eigenvalue weighted by molar-refractivity contribution is 0.563. The average molecular weight is 443 g/mol. The van der Waals surface area contributed by atoms with Crippen LogP contribution in [0.3, 0.4) is 0 Å². The van der Waals surface area contributed by atoms with Crippen molar-refractivity contribution in [3.8, 4) is 0 Å². The van der Waals surface area contributed by atoms with E-state index in [2.05, 4.69) is 18.8 Å². The summed E-state index contributed by atoms with van der Waals surface area (Å²) in [5, 5.41) is 4.04. The molecule has 4 aromatic rings. The van der Waals surface area contributed by atoms with Gasteiger partial charge in [0.15, 0.2) is 5.69 Å². The van der Waals surface area contributed by atoms with Gasteiger partial charge in [0.1, 0.15) is 21.5 Å². The monoisotopic (exact) mass is 442 g/mol. The zero-order valence-electron chi connectivity index (χ0n) is 15.8. The summed E-state index contributed by atoms with van der Waals surface area (Å²) in [5.74, 6) is 0. The topological polar surface area (TPSA) is 114 Å². The normalized spacial score (nSPS) is 15.1. The summed E-state index contributed by atoms with van der Waals surface area (Å²) in [6, 6.07) is 12.0. The van der Waals surface area contributed by atoms with Gasteiger partial charge < -0.3 is 9.73 Å². The molecule has 2 N–H and O–H groups in total. The molecule has 0 aliphatic heterocycles. The van der Waals surface area contributed by atoms with Gasteiger partial charge in [0.25, 0.3) is 10.0 Å². The number of sulfonamides is 1. The van der Waals surface area contributed by atoms with Crippen LogP contribution >= 0.6 is 11.7 Å². The molecule has 1 aliphatic rings. The Morgan fingerprint density at radius 3 is 2.63 bits per heavy atom. The lowest BCUT2D eigenvalue weighted by Gasteiger charge is -2.19. The van der Waals surface area contributed by atoms with Gasteiger partial charge in [-0.15, -0.1) is 0 Å². The Bertz CT molecular complexity index is 1410. The summed E-state index contributed by atoms with van der Waals surface area (Å²) < 4.78 is 42.5. The van der Waals surface area contributed by atoms with E-state index >= 15 is 0 Å². The smallest absolute Gasteiger partial charge is 0.363 e. The first kappa shape index (κ1) is 19.0. The number of aromatic nitrogens is 2. The molecule has 5 rings (SSSR count). The lowest BCUT2D eigenvalue weighted by atomic mass is 10.1. The van der Waals surface area contributed by atoms with Crippen LogP contribution in [-0.2, 0) is 10.0 Å². The summed E-state index contributed by atoms with van der Waals surface area (Å²) in [6.07, 6.45) is 4.11. The molecule has 2 aromatic heterocycles. The molecule has 0 saturated heterocycles. The highest BCUT2D eigenvalue weighted by atomic mass is 32.2. The Balaban J connectivity index is 1.65. The van der Waals surface area contributed by atoms with Gasteiger partial charge in [0.2, 0.25) is 0 Å². The predicted molar refractivity (Wildman–Crippen MR) is 117 cm³/mol. The minimum Gasteiger partial charge on any atom is -0.421 e. The largest absolute Gasteiger partial charge is 0.421 e. The van der Waals surface area contributed by atoms with Crippen molar-refractivity contribution in [3.63, 3.8) is 0 Å². The number of hydrogen-bond donors (Lipinski definition) is 2. The zero-order valence-corrected chi connectivity index (χ0v) is 17.4. The minimum absolute atomic E-state index is 0.0341. The first-order valence-electron chi connectivity index (χ1n) is 9.59. The molecule has 2 heterocycles. The third-order valence-electron chi connectivity index (χ3n) is 5.29. The molecule has 0 spiro atoms. The molecule has 0 radical (unpaired) electrons. The van der Waals surface area contributed by atoms with Gasteiger partial charge in [0, 0.05) is 11.4 Å². The fraction of sp³-hybridized carbons (Fsp3) is 0.250. The van der Waals surface area contributed by atoms with Crippen molar-refractivity contribution in [2.24, 2.45) is 0 Å². The van der Waals surface area contributed by atoms with Crippen LogP contribution in [-0.4, -0.2) is 23.2 Å². The standard InChI is InChI=1S/C20H18N4O4S2/c25-20-19(24-30(26,27)16-11-5-9-14-18(16)23-29-22-14)17(21-12-6-1-2-7-12)13-8-3-4-10-15(13)28-20/h3-5,8-12,21,24H,1-2,6-7H2. The molecular weight excluding hydrogens is 424 g/mol. The van der Waals surface area contributed by atoms with E-state index in [1.807, 2.05) is 6.07 Å². The quantitative estimate of drug-likeness (QED) is 0.450. The number of hydrogen-bond acceptors (Lipinski definition) is 8. The van der Waals surface area contributed by atoms with Crippen LogP contribution in [0.25, 0.3) is 22.0 Å². The van der Waals surface area contributed by atoms with E-state index in [0.29, 0.717) is 22.2 Å². The summed E-state index contributed by atoms with van der Waals surface area (Å²) >= 11 is 0.934. The molecule has 0 unspecified atom stereocenters. The van der Waals surface area contributed by atoms with Crippen LogP contribution in [0, 0.1) is 0 Å². The van der Waals surface area contributed by atoms with E-state index in [-0.39, 0.29) is 22.1 Å². The van der Waals surface area contributed by atoms with Crippen LogP contribution in [0.5, 0.6) is 0 Å². The van der Waals surface area contributed by atoms with Gasteiger partial charge in [-0.2, -0.15) is 8.75 Å². The number of anilines is 2. The maximum atomic E-state index is 13.2. The maximum absolute atomic E-state index is 13.2. The molecule has 1 aliphatic carbocycles. The van der Waals surface area contributed by atoms with E-state index in [4.69, 9.17) is 4.42 Å². The number of nitrogens with zero attached hydrogens (tertiary/aromatic N) is 2. The molecule has 0 atom stereocenters. The van der Waals surface area contributed by atoms with Crippen LogP contribution in [0.4, 0.5) is 11.4 Å². The van der Waals surface area contributed by atoms with Gasteiger partial charge in [-0.25, -0.2) is 13.2 Å². The van der Waals surface area contributed by atoms with Crippen molar-refractivity contribution < 1.29 is 12.8 Å². The molecule has 1 saturated carbocycles. The molecule has 2 aromatic carbocycles. The van der Waals surface area contributed by atoms with E-state index in [9.17, 15) is 13.2 Å². The van der Waals surface area contributed by atoms with Crippen molar-refractivity contribution in [1.29, 1.82) is 0 Å². The molecule has 8 nitrogen and oxygen atoms in total. The Morgan fingerprint density at radius 2 is 1.80 bits per heavy atom. The Hall–Kier alpha value is -2.98. The van der Waals surface area contributed by atoms with Crippen molar-refractivity contribution in [3.05, 3.63) is 52.9 Å². The molecule has 30 heavy (non-hydrogen) atoms. The van der Waals surface area contributed by atoms with Crippen molar-refractivity contribution in [2.75, 3.05) is 10.0 Å². The Morgan fingerprint density at radius 1 is 1.00 bits per heavy atom. The molecule has 10 heteroatoms. The highest BCUT2D eigenvalue weighted by Crippen LogP contribution is 2.33. The second-order valence-corrected chi connectivity index (χ2v) is 9.43. The summed E-state index contributed by atoms with van der Waals surface area (Å²) in [4.78, 5) is 12.8. The van der Waals surface area contributed by atoms with Crippen molar-refractivity contribution >= 4 is 55.1 Å². The maximum Gasteiger partial charge on any atom is 0.363 e. The fourth-order valence-corrected chi connectivity index (χ4v) is 5.69. The van der Waals surface area contributed by atoms with Crippen LogP contribution in [0.1, 0.15) is 25.7 Å². The third kappa shape index (κ3) is 3.31. The van der Waals surface area contributed by atoms with Gasteiger partial charge >= 0.3 is 5.63 Å². The van der Waals surface area contributed by atoms with Crippen molar-refractivity contribution in [1.82, 2.24) is 8.75 Å². The number of para-hydroxylation sites is 1. The van der Waals surface area contributed by atoms with Gasteiger partial charge in [-0.3, -0.25) is 4.72 Å². The SMILES string of the molecule is O=c1oc2ccccc2c(NC2CCCC2)c1NS(=O)(=O)c1cccc2nsnc12. The van der Waals surface area contributed by atoms with E-state index in [1.54, 1.807) is 30.3 Å². The Kier molecular flexibility index (Phi) is 4.67. The molecule has 0 bridgehead atoms. The first-order valence-corrected chi connectivity index (χ1v) is 11.8. The molecule has 0 amide bonds. The van der Waals surface area contributed by atoms with Crippen LogP contribution in [0.2, 0.25) is 0 Å². The van der Waals surface area contributed by atoms with Gasteiger partial charge in [-0.1, -0.05) is 31.0 Å². The molecule has 154 valence electrons. The highest BCUT2D eigenvalue weighted by molar-refractivity contribution is 7.93. The molecular formula is C20H18N4O4S2. The average Bonchev–Trinajstić information content (AvgIpc) is 3.42. The Labute approximate surface area is 176 Å². The second kappa shape index (κ2) is 7.37. The number of benzene rings is 2. The first-order chi connectivity index (χ1) is 14.5. The number of nitrogens with one attached hydrogen (secondary N) is 2. The van der Waals surface area contributed by atoms with E-state index in [1.165, 1.54) is 6.07 Å². The van der Waals surface area contributed by atoms with E-state index < -0.39 is 15.6 Å². The lowest BCUT2D eigenvalue weighted by Crippen LogP contribution is -2.23. The third-order valence-corrected chi connectivity index (χ3v) is 7.22. The zero-order chi connectivity index (χ0) is 20.7. The van der Waals surface area contributed by atoms with Crippen molar-refractivity contribution in [2.45, 2.75) is 36.6 Å². The van der Waals surface area contributed by atoms with Crippen LogP contribution < -0.4 is 15.7 Å². The summed E-state index contributed by atoms with van der Waals surface area (Å²) in [6.45, 7) is 0. The fourth-order valence-electron chi connectivity index (χ4n) is 3.85. The highest BCUT2D eigenvalue weighted by Gasteiger charge is 2.26. The van der Waals surface area contributed by atoms with Crippen LogP contribution in [0.15, 0.2) is 56.6 Å². The predicted octanol–water partition coefficient (Wildman–Crippen LogP) is 3.95. The minimum atomic E-state index is -4.10. The van der Waals surface area contributed by atoms with Gasteiger partial charge in [0.05, 0.1) is 17.4 Å². The van der Waals surface area contributed by atoms with E-state index in [0.717, 1.165) is 37.4 Å². The second-order valence-electron chi connectivity index (χ2n) is 7.26.